The van der Waals surface area contributed by atoms with E-state index < -0.39 is 47.8 Å². The van der Waals surface area contributed by atoms with Gasteiger partial charge in [0.2, 0.25) is 0 Å². The first kappa shape index (κ1) is 18.9. The second kappa shape index (κ2) is 6.28. The number of anilines is 1. The van der Waals surface area contributed by atoms with E-state index in [9.17, 15) is 13.2 Å². The maximum absolute atomic E-state index is 12.9. The molecule has 0 spiro atoms. The van der Waals surface area contributed by atoms with Crippen LogP contribution < -0.4 is 5.32 Å². The highest BCUT2D eigenvalue weighted by Crippen LogP contribution is 2.47. The van der Waals surface area contributed by atoms with Crippen molar-refractivity contribution in [3.8, 4) is 0 Å². The molecule has 150 valence electrons. The number of hydrogen-bond donors (Lipinski definition) is 1. The van der Waals surface area contributed by atoms with Gasteiger partial charge < -0.3 is 29.0 Å². The molecular weight excluding hydrogens is 369 g/mol. The van der Waals surface area contributed by atoms with Crippen molar-refractivity contribution >= 4 is 5.82 Å². The van der Waals surface area contributed by atoms with Crippen LogP contribution in [0, 0.1) is 0 Å². The Labute approximate surface area is 154 Å². The predicted octanol–water partition coefficient (Wildman–Crippen LogP) is 2.17. The summed E-state index contributed by atoms with van der Waals surface area (Å²) in [5.74, 6) is -0.814. The highest BCUT2D eigenvalue weighted by atomic mass is 19.4. The van der Waals surface area contributed by atoms with Crippen molar-refractivity contribution in [2.45, 2.75) is 56.0 Å². The topological polar surface area (TPSA) is 71.1 Å². The van der Waals surface area contributed by atoms with Gasteiger partial charge in [0, 0.05) is 7.11 Å². The maximum atomic E-state index is 12.9. The molecule has 0 aromatic carbocycles. The van der Waals surface area contributed by atoms with Gasteiger partial charge in [0.1, 0.15) is 35.4 Å². The fourth-order valence-corrected chi connectivity index (χ4v) is 3.86. The summed E-state index contributed by atoms with van der Waals surface area (Å²) < 4.78 is 68.0. The number of hydrogen-bond acceptors (Lipinski definition) is 7. The van der Waals surface area contributed by atoms with Crippen LogP contribution in [-0.4, -0.2) is 61.2 Å². The Morgan fingerprint density at radius 3 is 2.74 bits per heavy atom. The van der Waals surface area contributed by atoms with E-state index >= 15 is 0 Å². The van der Waals surface area contributed by atoms with Crippen molar-refractivity contribution in [2.75, 3.05) is 25.6 Å². The van der Waals surface area contributed by atoms with E-state index in [4.69, 9.17) is 23.7 Å². The monoisotopic (exact) mass is 390 g/mol. The summed E-state index contributed by atoms with van der Waals surface area (Å²) in [5, 5.41) is 2.98. The summed E-state index contributed by atoms with van der Waals surface area (Å²) in [7, 11) is 1.55. The van der Waals surface area contributed by atoms with Crippen molar-refractivity contribution in [1.82, 2.24) is 4.98 Å². The first-order valence-corrected chi connectivity index (χ1v) is 8.58. The quantitative estimate of drug-likeness (QED) is 0.845. The normalized spacial score (nSPS) is 37.3. The van der Waals surface area contributed by atoms with Crippen LogP contribution in [-0.2, 0) is 29.9 Å². The second-order valence-electron chi connectivity index (χ2n) is 7.39. The number of nitrogens with zero attached hydrogens (tertiary/aromatic N) is 1. The third kappa shape index (κ3) is 3.29. The van der Waals surface area contributed by atoms with Gasteiger partial charge in [0.05, 0.1) is 13.2 Å². The molecule has 0 amide bonds. The summed E-state index contributed by atoms with van der Waals surface area (Å²) in [4.78, 5) is 3.66. The molecule has 3 fully saturated rings. The summed E-state index contributed by atoms with van der Waals surface area (Å²) >= 11 is 0. The Morgan fingerprint density at radius 1 is 1.26 bits per heavy atom. The van der Waals surface area contributed by atoms with E-state index in [1.807, 2.05) is 0 Å². The van der Waals surface area contributed by atoms with Crippen LogP contribution in [0.5, 0.6) is 0 Å². The second-order valence-corrected chi connectivity index (χ2v) is 7.39. The van der Waals surface area contributed by atoms with Gasteiger partial charge in [-0.2, -0.15) is 13.2 Å². The Hall–Kier alpha value is -1.46. The Balaban J connectivity index is 1.62. The third-order valence-electron chi connectivity index (χ3n) is 4.88. The van der Waals surface area contributed by atoms with Crippen molar-refractivity contribution in [2.24, 2.45) is 0 Å². The molecule has 0 aliphatic carbocycles. The number of pyridine rings is 1. The van der Waals surface area contributed by atoms with E-state index in [1.54, 1.807) is 21.0 Å². The van der Waals surface area contributed by atoms with Gasteiger partial charge in [-0.25, -0.2) is 4.98 Å². The van der Waals surface area contributed by atoms with E-state index in [2.05, 4.69) is 10.3 Å². The number of methoxy groups -OCH3 is 1. The minimum absolute atomic E-state index is 0.0558. The lowest BCUT2D eigenvalue weighted by molar-refractivity contribution is -0.204. The summed E-state index contributed by atoms with van der Waals surface area (Å²) in [6.45, 7) is 4.04. The number of halogens is 3. The lowest BCUT2D eigenvalue weighted by Gasteiger charge is -2.42. The van der Waals surface area contributed by atoms with Crippen molar-refractivity contribution in [1.29, 1.82) is 0 Å². The zero-order valence-corrected chi connectivity index (χ0v) is 15.1. The van der Waals surface area contributed by atoms with E-state index in [1.165, 1.54) is 12.1 Å². The standard InChI is InChI=1S/C17H21F3N2O5/c1-15(2)25-12-11(22-10-6-4-5-9(21-10)17(18,19)20)14-24-8-16(27-14,7-23-3)13(12)26-15/h4-6,11-14H,7-8H2,1-3H3,(H,21,22)/t11-,12-,13-,14+,16+/m1/s1. The van der Waals surface area contributed by atoms with Crippen LogP contribution in [0.3, 0.4) is 0 Å². The van der Waals surface area contributed by atoms with Gasteiger partial charge in [-0.3, -0.25) is 0 Å². The number of ether oxygens (including phenoxy) is 5. The lowest BCUT2D eigenvalue weighted by atomic mass is 9.88. The van der Waals surface area contributed by atoms with Crippen molar-refractivity contribution < 1.29 is 36.9 Å². The molecule has 0 unspecified atom stereocenters. The van der Waals surface area contributed by atoms with Crippen LogP contribution in [0.4, 0.5) is 19.0 Å². The van der Waals surface area contributed by atoms with E-state index in [-0.39, 0.29) is 19.0 Å². The fourth-order valence-electron chi connectivity index (χ4n) is 3.86. The molecule has 10 heteroatoms. The molecular formula is C17H21F3N2O5. The molecule has 4 heterocycles. The number of alkyl halides is 3. The Kier molecular flexibility index (Phi) is 4.39. The average molecular weight is 390 g/mol. The number of fused-ring (bicyclic) bond motifs is 4. The van der Waals surface area contributed by atoms with Crippen LogP contribution in [0.2, 0.25) is 0 Å². The van der Waals surface area contributed by atoms with E-state index in [0.717, 1.165) is 6.07 Å². The first-order valence-electron chi connectivity index (χ1n) is 8.58. The first-order chi connectivity index (χ1) is 12.6. The molecule has 0 radical (unpaired) electrons. The van der Waals surface area contributed by atoms with Gasteiger partial charge in [-0.05, 0) is 26.0 Å². The van der Waals surface area contributed by atoms with Gasteiger partial charge in [-0.15, -0.1) is 0 Å². The minimum Gasteiger partial charge on any atom is -0.381 e. The molecule has 3 aliphatic heterocycles. The zero-order chi connectivity index (χ0) is 19.4. The molecule has 1 N–H and O–H groups in total. The predicted molar refractivity (Wildman–Crippen MR) is 85.9 cm³/mol. The molecule has 1 aromatic rings. The smallest absolute Gasteiger partial charge is 0.381 e. The Bertz CT molecular complexity index is 716. The molecule has 4 rings (SSSR count). The van der Waals surface area contributed by atoms with Gasteiger partial charge in [0.15, 0.2) is 12.1 Å². The molecule has 5 atom stereocenters. The van der Waals surface area contributed by atoms with Crippen molar-refractivity contribution in [3.05, 3.63) is 23.9 Å². The van der Waals surface area contributed by atoms with Crippen LogP contribution in [0.1, 0.15) is 19.5 Å². The SMILES string of the molecule is COC[C@@]12CO[C@@H](O1)[C@H](Nc1cccc(C(F)(F)F)n1)[C@H]1OC(C)(C)O[C@H]12. The van der Waals surface area contributed by atoms with Crippen molar-refractivity contribution in [3.63, 3.8) is 0 Å². The van der Waals surface area contributed by atoms with Crippen LogP contribution >= 0.6 is 0 Å². The van der Waals surface area contributed by atoms with Crippen LogP contribution in [0.15, 0.2) is 18.2 Å². The zero-order valence-electron chi connectivity index (χ0n) is 15.1. The van der Waals surface area contributed by atoms with Crippen LogP contribution in [0.25, 0.3) is 0 Å². The summed E-state index contributed by atoms with van der Waals surface area (Å²) in [6, 6.07) is 3.07. The third-order valence-corrected chi connectivity index (χ3v) is 4.88. The summed E-state index contributed by atoms with van der Waals surface area (Å²) in [5.41, 5.74) is -1.80. The van der Waals surface area contributed by atoms with E-state index in [0.29, 0.717) is 0 Å². The molecule has 0 saturated carbocycles. The Morgan fingerprint density at radius 2 is 2.04 bits per heavy atom. The number of aromatic nitrogens is 1. The summed E-state index contributed by atoms with van der Waals surface area (Å²) in [6.07, 6.45) is -6.27. The number of rotatable bonds is 4. The number of nitrogens with one attached hydrogen (secondary N) is 1. The molecule has 7 nitrogen and oxygen atoms in total. The highest BCUT2D eigenvalue weighted by molar-refractivity contribution is 5.39. The molecule has 27 heavy (non-hydrogen) atoms. The molecule has 2 bridgehead atoms. The maximum Gasteiger partial charge on any atom is 0.433 e. The lowest BCUT2D eigenvalue weighted by Crippen LogP contribution is -2.63. The molecule has 1 aromatic heterocycles. The fraction of sp³-hybridized carbons (Fsp3) is 0.706. The van der Waals surface area contributed by atoms with Gasteiger partial charge in [0.25, 0.3) is 0 Å². The average Bonchev–Trinajstić information content (AvgIpc) is 3.12. The minimum atomic E-state index is -4.53. The largest absolute Gasteiger partial charge is 0.433 e. The highest BCUT2D eigenvalue weighted by Gasteiger charge is 2.66. The molecule has 3 saturated heterocycles. The van der Waals surface area contributed by atoms with Gasteiger partial charge in [-0.1, -0.05) is 6.07 Å². The molecule has 3 aliphatic rings. The van der Waals surface area contributed by atoms with Gasteiger partial charge >= 0.3 is 6.18 Å².